The summed E-state index contributed by atoms with van der Waals surface area (Å²) in [6.07, 6.45) is -0.148. The van der Waals surface area contributed by atoms with Crippen LogP contribution >= 0.6 is 0 Å². The lowest BCUT2D eigenvalue weighted by atomic mass is 9.95. The van der Waals surface area contributed by atoms with Gasteiger partial charge in [-0.3, -0.25) is 14.4 Å². The third-order valence-corrected chi connectivity index (χ3v) is 4.90. The molecule has 3 amide bonds. The van der Waals surface area contributed by atoms with Crippen LogP contribution in [0.4, 0.5) is 5.69 Å². The first-order valence-electron chi connectivity index (χ1n) is 9.53. The molecule has 3 N–H and O–H groups in total. The second-order valence-electron chi connectivity index (χ2n) is 7.33. The number of methoxy groups -OCH3 is 1. The Kier molecular flexibility index (Phi) is 6.16. The van der Waals surface area contributed by atoms with Crippen LogP contribution in [0.5, 0.6) is 5.75 Å². The molecule has 29 heavy (non-hydrogen) atoms. The predicted octanol–water partition coefficient (Wildman–Crippen LogP) is 2.65. The number of hydrogen-bond donors (Lipinski definition) is 3. The summed E-state index contributed by atoms with van der Waals surface area (Å²) in [5.41, 5.74) is 1.76. The molecule has 2 atom stereocenters. The lowest BCUT2D eigenvalue weighted by Crippen LogP contribution is -2.45. The Balaban J connectivity index is 1.70. The summed E-state index contributed by atoms with van der Waals surface area (Å²) in [7, 11) is 1.60. The summed E-state index contributed by atoms with van der Waals surface area (Å²) < 4.78 is 5.18. The number of nitrogens with one attached hydrogen (secondary N) is 3. The summed E-state index contributed by atoms with van der Waals surface area (Å²) in [5, 5.41) is 8.34. The largest absolute Gasteiger partial charge is 0.497 e. The van der Waals surface area contributed by atoms with Crippen LogP contribution in [-0.4, -0.2) is 30.9 Å². The van der Waals surface area contributed by atoms with Gasteiger partial charge in [-0.15, -0.1) is 0 Å². The fourth-order valence-corrected chi connectivity index (χ4v) is 3.32. The predicted molar refractivity (Wildman–Crippen MR) is 110 cm³/mol. The zero-order valence-corrected chi connectivity index (χ0v) is 16.7. The van der Waals surface area contributed by atoms with Gasteiger partial charge in [0, 0.05) is 0 Å². The average molecular weight is 395 g/mol. The number of benzene rings is 2. The van der Waals surface area contributed by atoms with Gasteiger partial charge in [-0.2, -0.15) is 0 Å². The van der Waals surface area contributed by atoms with Crippen molar-refractivity contribution < 1.29 is 19.1 Å². The third kappa shape index (κ3) is 4.74. The number of carbonyl (C=O) groups is 3. The Hall–Kier alpha value is -3.35. The Morgan fingerprint density at radius 2 is 1.79 bits per heavy atom. The molecule has 0 fully saturated rings. The van der Waals surface area contributed by atoms with E-state index in [4.69, 9.17) is 4.74 Å². The molecule has 2 aromatic carbocycles. The molecule has 152 valence electrons. The van der Waals surface area contributed by atoms with E-state index in [2.05, 4.69) is 16.0 Å². The number of ether oxygens (including phenoxy) is 1. The van der Waals surface area contributed by atoms with Crippen LogP contribution in [0.2, 0.25) is 0 Å². The highest BCUT2D eigenvalue weighted by atomic mass is 16.5. The zero-order valence-electron chi connectivity index (χ0n) is 16.7. The van der Waals surface area contributed by atoms with Gasteiger partial charge in [0.15, 0.2) is 0 Å². The number of carbonyl (C=O) groups excluding carboxylic acids is 3. The second kappa shape index (κ2) is 8.77. The Bertz CT molecular complexity index is 909. The monoisotopic (exact) mass is 395 g/mol. The number of para-hydroxylation sites is 1. The van der Waals surface area contributed by atoms with Crippen molar-refractivity contribution in [3.05, 3.63) is 59.7 Å². The molecule has 0 spiro atoms. The quantitative estimate of drug-likeness (QED) is 0.701. The number of fused-ring (bicyclic) bond motifs is 1. The zero-order chi connectivity index (χ0) is 21.0. The third-order valence-electron chi connectivity index (χ3n) is 4.90. The fourth-order valence-electron chi connectivity index (χ4n) is 3.32. The van der Waals surface area contributed by atoms with E-state index in [-0.39, 0.29) is 30.2 Å². The molecular formula is C22H25N3O4. The first-order valence-corrected chi connectivity index (χ1v) is 9.53. The molecule has 0 unspecified atom stereocenters. The summed E-state index contributed by atoms with van der Waals surface area (Å²) in [6, 6.07) is 13.1. The lowest BCUT2D eigenvalue weighted by Gasteiger charge is -2.24. The maximum atomic E-state index is 12.7. The van der Waals surface area contributed by atoms with Crippen molar-refractivity contribution in [1.82, 2.24) is 10.6 Å². The summed E-state index contributed by atoms with van der Waals surface area (Å²) in [4.78, 5) is 37.6. The van der Waals surface area contributed by atoms with Crippen molar-refractivity contribution in [3.8, 4) is 5.75 Å². The minimum Gasteiger partial charge on any atom is -0.497 e. The van der Waals surface area contributed by atoms with E-state index in [1.165, 1.54) is 0 Å². The smallest absolute Gasteiger partial charge is 0.254 e. The molecule has 0 aromatic heterocycles. The van der Waals surface area contributed by atoms with E-state index in [0.29, 0.717) is 11.3 Å². The van der Waals surface area contributed by atoms with Crippen molar-refractivity contribution in [2.45, 2.75) is 32.4 Å². The molecule has 0 bridgehead atoms. The standard InChI is InChI=1S/C22H25N3O4/c1-13(2)20(14-8-10-15(29-3)11-9-14)25-19(26)12-18-22(28)23-17-7-5-4-6-16(17)21(27)24-18/h4-11,13,18,20H,12H2,1-3H3,(H,23,28)(H,24,27)(H,25,26)/t18-,20-/m0/s1. The molecule has 3 rings (SSSR count). The van der Waals surface area contributed by atoms with Gasteiger partial charge in [-0.25, -0.2) is 0 Å². The number of amides is 3. The molecule has 0 radical (unpaired) electrons. The van der Waals surface area contributed by atoms with E-state index in [1.54, 1.807) is 31.4 Å². The van der Waals surface area contributed by atoms with Crippen LogP contribution in [0.3, 0.4) is 0 Å². The molecule has 2 aromatic rings. The number of anilines is 1. The SMILES string of the molecule is COc1ccc([C@@H](NC(=O)C[C@@H]2NC(=O)c3ccccc3NC2=O)C(C)C)cc1. The van der Waals surface area contributed by atoms with Crippen LogP contribution in [0.1, 0.15) is 42.2 Å². The van der Waals surface area contributed by atoms with Crippen LogP contribution in [0.15, 0.2) is 48.5 Å². The Labute approximate surface area is 169 Å². The van der Waals surface area contributed by atoms with Crippen molar-refractivity contribution >= 4 is 23.4 Å². The molecule has 1 heterocycles. The van der Waals surface area contributed by atoms with Gasteiger partial charge in [0.25, 0.3) is 5.91 Å². The number of hydrogen-bond acceptors (Lipinski definition) is 4. The van der Waals surface area contributed by atoms with Crippen molar-refractivity contribution in [3.63, 3.8) is 0 Å². The van der Waals surface area contributed by atoms with Gasteiger partial charge in [0.05, 0.1) is 30.8 Å². The van der Waals surface area contributed by atoms with Crippen LogP contribution in [0.25, 0.3) is 0 Å². The summed E-state index contributed by atoms with van der Waals surface area (Å²) >= 11 is 0. The van der Waals surface area contributed by atoms with Crippen LogP contribution in [0, 0.1) is 5.92 Å². The van der Waals surface area contributed by atoms with E-state index < -0.39 is 11.9 Å². The van der Waals surface area contributed by atoms with Crippen LogP contribution < -0.4 is 20.7 Å². The van der Waals surface area contributed by atoms with Crippen molar-refractivity contribution in [2.24, 2.45) is 5.92 Å². The van der Waals surface area contributed by atoms with Gasteiger partial charge >= 0.3 is 0 Å². The van der Waals surface area contributed by atoms with Crippen molar-refractivity contribution in [2.75, 3.05) is 12.4 Å². The molecule has 1 aliphatic heterocycles. The molecule has 0 aliphatic carbocycles. The molecule has 7 nitrogen and oxygen atoms in total. The van der Waals surface area contributed by atoms with E-state index in [1.807, 2.05) is 38.1 Å². The van der Waals surface area contributed by atoms with Crippen molar-refractivity contribution in [1.29, 1.82) is 0 Å². The second-order valence-corrected chi connectivity index (χ2v) is 7.33. The maximum absolute atomic E-state index is 12.7. The fraction of sp³-hybridized carbons (Fsp3) is 0.318. The topological polar surface area (TPSA) is 96.5 Å². The minimum absolute atomic E-state index is 0.133. The van der Waals surface area contributed by atoms with Crippen LogP contribution in [-0.2, 0) is 9.59 Å². The molecule has 0 saturated heterocycles. The van der Waals surface area contributed by atoms with Gasteiger partial charge in [0.1, 0.15) is 11.8 Å². The highest BCUT2D eigenvalue weighted by molar-refractivity contribution is 6.10. The van der Waals surface area contributed by atoms with E-state index in [0.717, 1.165) is 11.3 Å². The summed E-state index contributed by atoms with van der Waals surface area (Å²) in [5.74, 6) is -0.239. The van der Waals surface area contributed by atoms with Gasteiger partial charge in [-0.1, -0.05) is 38.1 Å². The first kappa shape index (κ1) is 20.4. The number of rotatable bonds is 6. The van der Waals surface area contributed by atoms with Gasteiger partial charge in [-0.05, 0) is 35.7 Å². The maximum Gasteiger partial charge on any atom is 0.254 e. The summed E-state index contributed by atoms with van der Waals surface area (Å²) in [6.45, 7) is 4.01. The highest BCUT2D eigenvalue weighted by Crippen LogP contribution is 2.24. The molecule has 1 aliphatic rings. The highest BCUT2D eigenvalue weighted by Gasteiger charge is 2.30. The van der Waals surface area contributed by atoms with Gasteiger partial charge in [0.2, 0.25) is 11.8 Å². The molecule has 0 saturated carbocycles. The normalized spacial score (nSPS) is 16.9. The Morgan fingerprint density at radius 1 is 1.10 bits per heavy atom. The lowest BCUT2D eigenvalue weighted by molar-refractivity contribution is -0.126. The van der Waals surface area contributed by atoms with Gasteiger partial charge < -0.3 is 20.7 Å². The van der Waals surface area contributed by atoms with E-state index in [9.17, 15) is 14.4 Å². The molecular weight excluding hydrogens is 370 g/mol. The molecule has 7 heteroatoms. The minimum atomic E-state index is -0.946. The first-order chi connectivity index (χ1) is 13.9. The Morgan fingerprint density at radius 3 is 2.45 bits per heavy atom. The van der Waals surface area contributed by atoms with E-state index >= 15 is 0 Å². The average Bonchev–Trinajstić information content (AvgIpc) is 2.82.